The molecule has 94 valence electrons. The number of sulfone groups is 1. The summed E-state index contributed by atoms with van der Waals surface area (Å²) >= 11 is 1.51. The smallest absolute Gasteiger partial charge is 0.296 e. The largest absolute Gasteiger partial charge is 0.317 e. The van der Waals surface area contributed by atoms with Gasteiger partial charge in [-0.05, 0) is 5.21 Å². The van der Waals surface area contributed by atoms with E-state index in [0.29, 0.717) is 18.1 Å². The third-order valence-electron chi connectivity index (χ3n) is 2.38. The summed E-state index contributed by atoms with van der Waals surface area (Å²) < 4.78 is 23.2. The molecular weight excluding hydrogens is 266 g/mol. The van der Waals surface area contributed by atoms with Crippen LogP contribution in [0.1, 0.15) is 10.6 Å². The zero-order chi connectivity index (χ0) is 12.5. The maximum atomic E-state index is 12.0. The van der Waals surface area contributed by atoms with E-state index in [0.717, 1.165) is 6.26 Å². The summed E-state index contributed by atoms with van der Waals surface area (Å²) in [6, 6.07) is 0. The van der Waals surface area contributed by atoms with Crippen molar-refractivity contribution in [2.45, 2.75) is 5.37 Å². The Kier molecular flexibility index (Phi) is 3.33. The molecule has 2 heterocycles. The van der Waals surface area contributed by atoms with Gasteiger partial charge < -0.3 is 4.90 Å². The molecule has 1 N–H and O–H groups in total. The summed E-state index contributed by atoms with van der Waals surface area (Å²) in [5.41, 5.74) is 0. The molecule has 1 saturated heterocycles. The van der Waals surface area contributed by atoms with Crippen molar-refractivity contribution in [2.24, 2.45) is 0 Å². The zero-order valence-electron chi connectivity index (χ0n) is 9.03. The highest BCUT2D eigenvalue weighted by Crippen LogP contribution is 2.21. The van der Waals surface area contributed by atoms with Gasteiger partial charge in [-0.25, -0.2) is 8.42 Å². The Bertz CT molecular complexity index is 500. The van der Waals surface area contributed by atoms with Gasteiger partial charge in [-0.2, -0.15) is 17.0 Å². The van der Waals surface area contributed by atoms with Crippen LogP contribution in [0.15, 0.2) is 0 Å². The van der Waals surface area contributed by atoms with Crippen LogP contribution in [0.5, 0.6) is 0 Å². The van der Waals surface area contributed by atoms with Gasteiger partial charge in [0.15, 0.2) is 9.84 Å². The Balaban J connectivity index is 2.26. The van der Waals surface area contributed by atoms with Crippen LogP contribution in [0.2, 0.25) is 0 Å². The number of nitrogens with one attached hydrogen (secondary N) is 1. The molecule has 17 heavy (non-hydrogen) atoms. The van der Waals surface area contributed by atoms with Gasteiger partial charge in [0, 0.05) is 24.3 Å². The number of aromatic nitrogens is 4. The molecule has 0 aliphatic carbocycles. The maximum absolute atomic E-state index is 12.0. The number of rotatable bonds is 2. The molecule has 1 unspecified atom stereocenters. The highest BCUT2D eigenvalue weighted by atomic mass is 32.2. The monoisotopic (exact) mass is 277 g/mol. The summed E-state index contributed by atoms with van der Waals surface area (Å²) in [6.45, 7) is 0.371. The van der Waals surface area contributed by atoms with Crippen LogP contribution < -0.4 is 0 Å². The highest BCUT2D eigenvalue weighted by molar-refractivity contribution is 8.00. The quantitative estimate of drug-likeness (QED) is 0.720. The van der Waals surface area contributed by atoms with Gasteiger partial charge in [0.25, 0.3) is 11.7 Å². The fourth-order valence-corrected chi connectivity index (χ4v) is 4.36. The van der Waals surface area contributed by atoms with Gasteiger partial charge in [-0.1, -0.05) is 0 Å². The molecule has 0 radical (unpaired) electrons. The summed E-state index contributed by atoms with van der Waals surface area (Å²) in [6.07, 6.45) is 1.13. The summed E-state index contributed by atoms with van der Waals surface area (Å²) in [7, 11) is -3.31. The van der Waals surface area contributed by atoms with Crippen LogP contribution in [-0.4, -0.2) is 69.5 Å². The third kappa shape index (κ3) is 2.57. The van der Waals surface area contributed by atoms with Crippen molar-refractivity contribution >= 4 is 27.5 Å². The molecular formula is C7H11N5O3S2. The molecule has 0 bridgehead atoms. The van der Waals surface area contributed by atoms with Crippen molar-refractivity contribution in [1.29, 1.82) is 0 Å². The number of aromatic amines is 1. The Morgan fingerprint density at radius 1 is 1.59 bits per heavy atom. The second-order valence-corrected chi connectivity index (χ2v) is 6.95. The fraction of sp³-hybridized carbons (Fsp3) is 0.714. The van der Waals surface area contributed by atoms with Gasteiger partial charge in [0.2, 0.25) is 0 Å². The predicted octanol–water partition coefficient (Wildman–Crippen LogP) is -1.24. The van der Waals surface area contributed by atoms with Crippen molar-refractivity contribution in [2.75, 3.05) is 24.3 Å². The van der Waals surface area contributed by atoms with Crippen LogP contribution >= 0.6 is 11.8 Å². The van der Waals surface area contributed by atoms with E-state index < -0.39 is 21.1 Å². The number of H-pyrrole nitrogens is 1. The molecule has 0 saturated carbocycles. The molecule has 1 aliphatic heterocycles. The van der Waals surface area contributed by atoms with Crippen LogP contribution in [0.4, 0.5) is 0 Å². The lowest BCUT2D eigenvalue weighted by Gasteiger charge is -2.33. The lowest BCUT2D eigenvalue weighted by Crippen LogP contribution is -2.50. The first-order valence-electron chi connectivity index (χ1n) is 4.81. The number of nitrogens with zero attached hydrogens (tertiary/aromatic N) is 4. The Labute approximate surface area is 102 Å². The summed E-state index contributed by atoms with van der Waals surface area (Å²) in [5.74, 6) is 0.470. The zero-order valence-corrected chi connectivity index (χ0v) is 10.7. The molecule has 1 aliphatic rings. The number of carbonyl (C=O) groups excluding carboxylic acids is 1. The Hall–Kier alpha value is -1.16. The second-order valence-electron chi connectivity index (χ2n) is 3.59. The molecule has 0 aromatic carbocycles. The third-order valence-corrected chi connectivity index (χ3v) is 5.02. The summed E-state index contributed by atoms with van der Waals surface area (Å²) in [4.78, 5) is 13.3. The minimum absolute atomic E-state index is 0.106. The van der Waals surface area contributed by atoms with Crippen LogP contribution in [-0.2, 0) is 9.84 Å². The van der Waals surface area contributed by atoms with E-state index in [1.165, 1.54) is 16.7 Å². The van der Waals surface area contributed by atoms with Crippen LogP contribution in [0.25, 0.3) is 0 Å². The number of hydrogen-bond acceptors (Lipinski definition) is 7. The molecule has 1 atom stereocenters. The first kappa shape index (κ1) is 12.3. The molecule has 2 rings (SSSR count). The summed E-state index contributed by atoms with van der Waals surface area (Å²) in [5, 5.41) is 11.8. The number of tetrazole rings is 1. The van der Waals surface area contributed by atoms with E-state index in [9.17, 15) is 13.2 Å². The van der Waals surface area contributed by atoms with E-state index in [1.54, 1.807) is 0 Å². The van der Waals surface area contributed by atoms with E-state index in [4.69, 9.17) is 0 Å². The maximum Gasteiger partial charge on any atom is 0.296 e. The highest BCUT2D eigenvalue weighted by Gasteiger charge is 2.35. The standard InChI is InChI=1S/C7H11N5O3S2/c1-17(14,15)5-4-16-3-2-12(5)7(13)6-8-10-11-9-6/h5H,2-4H2,1H3,(H,8,9,10,11). The van der Waals surface area contributed by atoms with Crippen molar-refractivity contribution < 1.29 is 13.2 Å². The van der Waals surface area contributed by atoms with E-state index in [2.05, 4.69) is 20.6 Å². The normalized spacial score (nSPS) is 21.5. The van der Waals surface area contributed by atoms with Gasteiger partial charge >= 0.3 is 0 Å². The first-order chi connectivity index (χ1) is 8.00. The number of thioether (sulfide) groups is 1. The van der Waals surface area contributed by atoms with Gasteiger partial charge in [0.1, 0.15) is 5.37 Å². The molecule has 1 aromatic heterocycles. The minimum Gasteiger partial charge on any atom is -0.317 e. The van der Waals surface area contributed by atoms with E-state index in [-0.39, 0.29) is 5.82 Å². The van der Waals surface area contributed by atoms with Gasteiger partial charge in [-0.3, -0.25) is 4.79 Å². The molecule has 8 nitrogen and oxygen atoms in total. The van der Waals surface area contributed by atoms with Gasteiger partial charge in [-0.15, -0.1) is 10.2 Å². The predicted molar refractivity (Wildman–Crippen MR) is 61.2 cm³/mol. The van der Waals surface area contributed by atoms with Crippen molar-refractivity contribution in [1.82, 2.24) is 25.5 Å². The Morgan fingerprint density at radius 3 is 2.94 bits per heavy atom. The number of hydrogen-bond donors (Lipinski definition) is 1. The number of carbonyl (C=O) groups is 1. The van der Waals surface area contributed by atoms with Crippen molar-refractivity contribution in [3.8, 4) is 0 Å². The SMILES string of the molecule is CS(=O)(=O)C1CSCCN1C(=O)c1nn[nH]n1. The number of amides is 1. The van der Waals surface area contributed by atoms with E-state index >= 15 is 0 Å². The van der Waals surface area contributed by atoms with Crippen LogP contribution in [0.3, 0.4) is 0 Å². The molecule has 10 heteroatoms. The molecule has 0 spiro atoms. The minimum atomic E-state index is -3.31. The molecule has 1 amide bonds. The van der Waals surface area contributed by atoms with Crippen molar-refractivity contribution in [3.05, 3.63) is 5.82 Å². The lowest BCUT2D eigenvalue weighted by atomic mass is 10.4. The average molecular weight is 277 g/mol. The van der Waals surface area contributed by atoms with E-state index in [1.807, 2.05) is 0 Å². The lowest BCUT2D eigenvalue weighted by molar-refractivity contribution is 0.0737. The van der Waals surface area contributed by atoms with Crippen LogP contribution in [0, 0.1) is 0 Å². The molecule has 1 fully saturated rings. The first-order valence-corrected chi connectivity index (χ1v) is 7.92. The average Bonchev–Trinajstić information content (AvgIpc) is 2.80. The molecule has 1 aromatic rings. The Morgan fingerprint density at radius 2 is 2.35 bits per heavy atom. The fourth-order valence-electron chi connectivity index (χ4n) is 1.55. The van der Waals surface area contributed by atoms with Crippen molar-refractivity contribution in [3.63, 3.8) is 0 Å². The van der Waals surface area contributed by atoms with Gasteiger partial charge in [0.05, 0.1) is 0 Å². The topological polar surface area (TPSA) is 109 Å². The second kappa shape index (κ2) is 4.61.